The summed E-state index contributed by atoms with van der Waals surface area (Å²) in [5.41, 5.74) is 0. The molecule has 2 rings (SSSR count). The third-order valence-electron chi connectivity index (χ3n) is 3.80. The number of carbonyl (C=O) groups is 1. The third kappa shape index (κ3) is 3.95. The van der Waals surface area contributed by atoms with E-state index in [1.807, 2.05) is 4.90 Å². The van der Waals surface area contributed by atoms with Crippen molar-refractivity contribution in [2.45, 2.75) is 44.6 Å². The molecular formula is C12H22N2O3S. The van der Waals surface area contributed by atoms with Crippen molar-refractivity contribution in [1.82, 2.24) is 9.62 Å². The van der Waals surface area contributed by atoms with Crippen LogP contribution in [0.1, 0.15) is 38.5 Å². The Morgan fingerprint density at radius 2 is 1.94 bits per heavy atom. The van der Waals surface area contributed by atoms with Crippen molar-refractivity contribution < 1.29 is 13.2 Å². The number of nitrogens with zero attached hydrogens (tertiary/aromatic N) is 1. The van der Waals surface area contributed by atoms with Gasteiger partial charge in [0.05, 0.1) is 6.26 Å². The summed E-state index contributed by atoms with van der Waals surface area (Å²) in [6, 6.07) is -0.240. The maximum Gasteiger partial charge on any atom is 0.224 e. The predicted molar refractivity (Wildman–Crippen MR) is 69.5 cm³/mol. The SMILES string of the molecule is CS(=O)(=O)NC1CC(=O)N(CC2CCCCC2)C1. The molecular weight excluding hydrogens is 252 g/mol. The molecule has 1 heterocycles. The number of nitrogens with one attached hydrogen (secondary N) is 1. The van der Waals surface area contributed by atoms with E-state index in [1.54, 1.807) is 0 Å². The number of carbonyl (C=O) groups excluding carboxylic acids is 1. The Balaban J connectivity index is 1.85. The van der Waals surface area contributed by atoms with Crippen LogP contribution >= 0.6 is 0 Å². The molecule has 1 unspecified atom stereocenters. The van der Waals surface area contributed by atoms with E-state index < -0.39 is 10.0 Å². The van der Waals surface area contributed by atoms with Gasteiger partial charge in [-0.2, -0.15) is 0 Å². The lowest BCUT2D eigenvalue weighted by Gasteiger charge is -2.27. The van der Waals surface area contributed by atoms with Crippen molar-refractivity contribution in [3.8, 4) is 0 Å². The van der Waals surface area contributed by atoms with E-state index in [0.717, 1.165) is 12.8 Å². The van der Waals surface area contributed by atoms with Crippen molar-refractivity contribution in [2.75, 3.05) is 19.3 Å². The lowest BCUT2D eigenvalue weighted by molar-refractivity contribution is -0.128. The van der Waals surface area contributed by atoms with Crippen molar-refractivity contribution in [1.29, 1.82) is 0 Å². The largest absolute Gasteiger partial charge is 0.341 e. The lowest BCUT2D eigenvalue weighted by atomic mass is 9.89. The summed E-state index contributed by atoms with van der Waals surface area (Å²) >= 11 is 0. The van der Waals surface area contributed by atoms with Crippen molar-refractivity contribution in [2.24, 2.45) is 5.92 Å². The summed E-state index contributed by atoms with van der Waals surface area (Å²) in [5, 5.41) is 0. The normalized spacial score (nSPS) is 26.8. The molecule has 2 aliphatic rings. The van der Waals surface area contributed by atoms with Gasteiger partial charge in [0, 0.05) is 25.6 Å². The standard InChI is InChI=1S/C12H22N2O3S/c1-18(16,17)13-11-7-12(15)14(9-11)8-10-5-3-2-4-6-10/h10-11,13H,2-9H2,1H3. The zero-order valence-electron chi connectivity index (χ0n) is 10.9. The van der Waals surface area contributed by atoms with Gasteiger partial charge >= 0.3 is 0 Å². The van der Waals surface area contributed by atoms with Gasteiger partial charge in [-0.3, -0.25) is 4.79 Å². The number of rotatable bonds is 4. The van der Waals surface area contributed by atoms with Crippen LogP contribution in [0.15, 0.2) is 0 Å². The van der Waals surface area contributed by atoms with Crippen LogP contribution in [0.2, 0.25) is 0 Å². The number of sulfonamides is 1. The molecule has 1 atom stereocenters. The van der Waals surface area contributed by atoms with Crippen LogP contribution in [0.5, 0.6) is 0 Å². The van der Waals surface area contributed by atoms with E-state index in [9.17, 15) is 13.2 Å². The van der Waals surface area contributed by atoms with E-state index in [-0.39, 0.29) is 11.9 Å². The molecule has 1 N–H and O–H groups in total. The van der Waals surface area contributed by atoms with Gasteiger partial charge in [-0.1, -0.05) is 19.3 Å². The van der Waals surface area contributed by atoms with Crippen molar-refractivity contribution in [3.63, 3.8) is 0 Å². The van der Waals surface area contributed by atoms with Gasteiger partial charge in [-0.25, -0.2) is 13.1 Å². The molecule has 1 aliphatic carbocycles. The van der Waals surface area contributed by atoms with Gasteiger partial charge in [0.1, 0.15) is 0 Å². The molecule has 18 heavy (non-hydrogen) atoms. The molecule has 0 aromatic heterocycles. The second kappa shape index (κ2) is 5.57. The molecule has 1 saturated heterocycles. The maximum absolute atomic E-state index is 11.8. The van der Waals surface area contributed by atoms with Crippen LogP contribution in [0, 0.1) is 5.92 Å². The smallest absolute Gasteiger partial charge is 0.224 e. The Bertz CT molecular complexity index is 402. The molecule has 1 saturated carbocycles. The minimum absolute atomic E-state index is 0.0849. The van der Waals surface area contributed by atoms with Gasteiger partial charge in [-0.05, 0) is 18.8 Å². The second-order valence-corrected chi connectivity index (χ2v) is 7.37. The minimum atomic E-state index is -3.22. The molecule has 104 valence electrons. The topological polar surface area (TPSA) is 66.5 Å². The first kappa shape index (κ1) is 13.8. The van der Waals surface area contributed by atoms with Crippen LogP contribution in [0.25, 0.3) is 0 Å². The predicted octanol–water partition coefficient (Wildman–Crippen LogP) is 0.717. The van der Waals surface area contributed by atoms with Crippen LogP contribution < -0.4 is 4.72 Å². The molecule has 1 amide bonds. The van der Waals surface area contributed by atoms with Crippen LogP contribution in [-0.4, -0.2) is 44.6 Å². The molecule has 0 aromatic carbocycles. The fourth-order valence-corrected chi connectivity index (χ4v) is 3.78. The number of hydrogen-bond donors (Lipinski definition) is 1. The molecule has 0 spiro atoms. The Morgan fingerprint density at radius 1 is 1.28 bits per heavy atom. The summed E-state index contributed by atoms with van der Waals surface area (Å²) in [7, 11) is -3.22. The Hall–Kier alpha value is -0.620. The average Bonchev–Trinajstić information content (AvgIpc) is 2.58. The van der Waals surface area contributed by atoms with E-state index in [4.69, 9.17) is 0 Å². The van der Waals surface area contributed by atoms with E-state index >= 15 is 0 Å². The summed E-state index contributed by atoms with van der Waals surface area (Å²) < 4.78 is 24.8. The zero-order valence-corrected chi connectivity index (χ0v) is 11.7. The van der Waals surface area contributed by atoms with Crippen LogP contribution in [0.4, 0.5) is 0 Å². The van der Waals surface area contributed by atoms with Crippen LogP contribution in [-0.2, 0) is 14.8 Å². The number of likely N-dealkylation sites (tertiary alicyclic amines) is 1. The monoisotopic (exact) mass is 274 g/mol. The molecule has 1 aliphatic heterocycles. The van der Waals surface area contributed by atoms with Gasteiger partial charge in [0.25, 0.3) is 0 Å². The minimum Gasteiger partial charge on any atom is -0.341 e. The quantitative estimate of drug-likeness (QED) is 0.821. The highest BCUT2D eigenvalue weighted by molar-refractivity contribution is 7.88. The maximum atomic E-state index is 11.8. The lowest BCUT2D eigenvalue weighted by Crippen LogP contribution is -2.37. The molecule has 0 aromatic rings. The van der Waals surface area contributed by atoms with E-state index in [2.05, 4.69) is 4.72 Å². The highest BCUT2D eigenvalue weighted by Crippen LogP contribution is 2.26. The van der Waals surface area contributed by atoms with Gasteiger partial charge in [0.2, 0.25) is 15.9 Å². The highest BCUT2D eigenvalue weighted by atomic mass is 32.2. The van der Waals surface area contributed by atoms with Crippen LogP contribution in [0.3, 0.4) is 0 Å². The first-order valence-corrected chi connectivity index (χ1v) is 8.58. The van der Waals surface area contributed by atoms with Gasteiger partial charge in [-0.15, -0.1) is 0 Å². The Labute approximate surface area is 109 Å². The summed E-state index contributed by atoms with van der Waals surface area (Å²) in [6.45, 7) is 1.34. The summed E-state index contributed by atoms with van der Waals surface area (Å²) in [6.07, 6.45) is 7.68. The van der Waals surface area contributed by atoms with E-state index in [0.29, 0.717) is 18.9 Å². The third-order valence-corrected chi connectivity index (χ3v) is 4.56. The zero-order chi connectivity index (χ0) is 13.2. The Morgan fingerprint density at radius 3 is 2.56 bits per heavy atom. The molecule has 5 nitrogen and oxygen atoms in total. The summed E-state index contributed by atoms with van der Waals surface area (Å²) in [4.78, 5) is 13.7. The Kier molecular flexibility index (Phi) is 4.27. The number of amides is 1. The van der Waals surface area contributed by atoms with Gasteiger partial charge in [0.15, 0.2) is 0 Å². The first-order chi connectivity index (χ1) is 8.44. The molecule has 0 radical (unpaired) electrons. The molecule has 2 fully saturated rings. The molecule has 0 bridgehead atoms. The van der Waals surface area contributed by atoms with Crippen molar-refractivity contribution >= 4 is 15.9 Å². The summed E-state index contributed by atoms with van der Waals surface area (Å²) in [5.74, 6) is 0.696. The number of hydrogen-bond acceptors (Lipinski definition) is 3. The van der Waals surface area contributed by atoms with E-state index in [1.165, 1.54) is 32.1 Å². The van der Waals surface area contributed by atoms with Crippen molar-refractivity contribution in [3.05, 3.63) is 0 Å². The fourth-order valence-electron chi connectivity index (χ4n) is 3.01. The average molecular weight is 274 g/mol. The first-order valence-electron chi connectivity index (χ1n) is 6.69. The van der Waals surface area contributed by atoms with Gasteiger partial charge < -0.3 is 4.90 Å². The highest BCUT2D eigenvalue weighted by Gasteiger charge is 2.32. The second-order valence-electron chi connectivity index (χ2n) is 5.59. The molecule has 6 heteroatoms. The fraction of sp³-hybridized carbons (Fsp3) is 0.917.